The number of hydrogen-bond donors (Lipinski definition) is 1. The second-order valence-electron chi connectivity index (χ2n) is 4.09. The van der Waals surface area contributed by atoms with Gasteiger partial charge in [0, 0.05) is 17.2 Å². The number of carbonyl (C=O) groups excluding carboxylic acids is 1. The van der Waals surface area contributed by atoms with Crippen molar-refractivity contribution in [1.82, 2.24) is 0 Å². The molecule has 0 saturated heterocycles. The summed E-state index contributed by atoms with van der Waals surface area (Å²) in [5.41, 5.74) is 2.87. The van der Waals surface area contributed by atoms with E-state index in [9.17, 15) is 4.79 Å². The van der Waals surface area contributed by atoms with E-state index in [4.69, 9.17) is 0 Å². The number of carbonyl (C=O) groups is 1. The number of hydrogen-bond acceptors (Lipinski definition) is 1. The largest absolute Gasteiger partial charge is 0.325 e. The molecule has 78 valence electrons. The van der Waals surface area contributed by atoms with Crippen molar-refractivity contribution in [3.05, 3.63) is 36.4 Å². The highest BCUT2D eigenvalue weighted by atomic mass is 16.2. The predicted octanol–water partition coefficient (Wildman–Crippen LogP) is 3.07. The molecule has 2 heteroatoms. The van der Waals surface area contributed by atoms with Crippen LogP contribution in [-0.2, 0) is 4.79 Å². The summed E-state index contributed by atoms with van der Waals surface area (Å²) in [6, 6.07) is 7.78. The Morgan fingerprint density at radius 2 is 2.07 bits per heavy atom. The minimum absolute atomic E-state index is 0.142. The van der Waals surface area contributed by atoms with Crippen LogP contribution in [0, 0.1) is 5.92 Å². The van der Waals surface area contributed by atoms with Gasteiger partial charge in [-0.15, -0.1) is 0 Å². The Morgan fingerprint density at radius 3 is 2.67 bits per heavy atom. The van der Waals surface area contributed by atoms with Gasteiger partial charge in [0.15, 0.2) is 0 Å². The zero-order valence-corrected chi connectivity index (χ0v) is 8.92. The van der Waals surface area contributed by atoms with Gasteiger partial charge < -0.3 is 5.32 Å². The first-order valence-electron chi connectivity index (χ1n) is 5.24. The maximum Gasteiger partial charge on any atom is 0.227 e. The molecule has 0 unspecified atom stereocenters. The highest BCUT2D eigenvalue weighted by Gasteiger charge is 2.29. The molecule has 0 aromatic heterocycles. The Morgan fingerprint density at radius 1 is 1.40 bits per heavy atom. The topological polar surface area (TPSA) is 29.1 Å². The molecule has 1 saturated carbocycles. The first-order chi connectivity index (χ1) is 7.18. The van der Waals surface area contributed by atoms with Gasteiger partial charge >= 0.3 is 0 Å². The average molecular weight is 201 g/mol. The van der Waals surface area contributed by atoms with Gasteiger partial charge in [0.2, 0.25) is 5.91 Å². The first kappa shape index (κ1) is 9.97. The molecule has 0 atom stereocenters. The maximum absolute atomic E-state index is 11.6. The minimum Gasteiger partial charge on any atom is -0.325 e. The van der Waals surface area contributed by atoms with Gasteiger partial charge in [-0.05, 0) is 31.4 Å². The predicted molar refractivity (Wildman–Crippen MR) is 62.5 cm³/mol. The van der Waals surface area contributed by atoms with Crippen molar-refractivity contribution in [2.45, 2.75) is 19.8 Å². The molecule has 0 spiro atoms. The fraction of sp³-hybridized carbons (Fsp3) is 0.308. The van der Waals surface area contributed by atoms with Crippen LogP contribution < -0.4 is 5.32 Å². The number of nitrogens with one attached hydrogen (secondary N) is 1. The Balaban J connectivity index is 2.19. The lowest BCUT2D eigenvalue weighted by atomic mass is 10.1. The van der Waals surface area contributed by atoms with Crippen LogP contribution in [0.4, 0.5) is 5.69 Å². The SMILES string of the molecule is C=C(C)c1ccccc1NC(=O)C1CC1. The highest BCUT2D eigenvalue weighted by molar-refractivity contribution is 5.96. The van der Waals surface area contributed by atoms with E-state index in [1.165, 1.54) is 0 Å². The lowest BCUT2D eigenvalue weighted by molar-refractivity contribution is -0.117. The van der Waals surface area contributed by atoms with Crippen molar-refractivity contribution in [1.29, 1.82) is 0 Å². The Bertz CT molecular complexity index is 405. The van der Waals surface area contributed by atoms with Gasteiger partial charge in [-0.25, -0.2) is 0 Å². The smallest absolute Gasteiger partial charge is 0.227 e. The third kappa shape index (κ3) is 2.27. The third-order valence-electron chi connectivity index (χ3n) is 2.59. The van der Waals surface area contributed by atoms with Crippen molar-refractivity contribution < 1.29 is 4.79 Å². The summed E-state index contributed by atoms with van der Waals surface area (Å²) >= 11 is 0. The van der Waals surface area contributed by atoms with Crippen molar-refractivity contribution in [3.63, 3.8) is 0 Å². The summed E-state index contributed by atoms with van der Waals surface area (Å²) in [5.74, 6) is 0.381. The average Bonchev–Trinajstić information content (AvgIpc) is 3.01. The van der Waals surface area contributed by atoms with Crippen molar-refractivity contribution in [2.75, 3.05) is 5.32 Å². The summed E-state index contributed by atoms with van der Waals surface area (Å²) < 4.78 is 0. The van der Waals surface area contributed by atoms with Gasteiger partial charge in [0.1, 0.15) is 0 Å². The van der Waals surface area contributed by atoms with Crippen LogP contribution in [-0.4, -0.2) is 5.91 Å². The van der Waals surface area contributed by atoms with Crippen LogP contribution in [0.25, 0.3) is 5.57 Å². The number of para-hydroxylation sites is 1. The molecule has 0 heterocycles. The van der Waals surface area contributed by atoms with Crippen molar-refractivity contribution >= 4 is 17.2 Å². The normalized spacial score (nSPS) is 14.7. The third-order valence-corrected chi connectivity index (χ3v) is 2.59. The number of benzene rings is 1. The zero-order valence-electron chi connectivity index (χ0n) is 8.92. The van der Waals surface area contributed by atoms with Crippen LogP contribution in [0.1, 0.15) is 25.3 Å². The van der Waals surface area contributed by atoms with Crippen molar-refractivity contribution in [2.24, 2.45) is 5.92 Å². The number of amides is 1. The highest BCUT2D eigenvalue weighted by Crippen LogP contribution is 2.31. The molecule has 1 aliphatic rings. The van der Waals surface area contributed by atoms with Crippen LogP contribution in [0.2, 0.25) is 0 Å². The van der Waals surface area contributed by atoms with E-state index in [0.29, 0.717) is 0 Å². The summed E-state index contributed by atoms with van der Waals surface area (Å²) in [6.07, 6.45) is 2.06. The van der Waals surface area contributed by atoms with E-state index >= 15 is 0 Å². The fourth-order valence-electron chi connectivity index (χ4n) is 1.54. The van der Waals surface area contributed by atoms with E-state index < -0.39 is 0 Å². The standard InChI is InChI=1S/C13H15NO/c1-9(2)11-5-3-4-6-12(11)14-13(15)10-7-8-10/h3-6,10H,1,7-8H2,2H3,(H,14,15). The Kier molecular flexibility index (Phi) is 2.58. The maximum atomic E-state index is 11.6. The van der Waals surface area contributed by atoms with Crippen molar-refractivity contribution in [3.8, 4) is 0 Å². The molecule has 1 amide bonds. The van der Waals surface area contributed by atoms with Crippen LogP contribution >= 0.6 is 0 Å². The van der Waals surface area contributed by atoms with Gasteiger partial charge in [-0.3, -0.25) is 4.79 Å². The molecule has 0 radical (unpaired) electrons. The molecule has 2 nitrogen and oxygen atoms in total. The summed E-state index contributed by atoms with van der Waals surface area (Å²) in [6.45, 7) is 5.85. The summed E-state index contributed by atoms with van der Waals surface area (Å²) in [4.78, 5) is 11.6. The number of rotatable bonds is 3. The van der Waals surface area contributed by atoms with Gasteiger partial charge in [-0.2, -0.15) is 0 Å². The molecule has 1 N–H and O–H groups in total. The second-order valence-corrected chi connectivity index (χ2v) is 4.09. The van der Waals surface area contributed by atoms with E-state index in [2.05, 4.69) is 11.9 Å². The van der Waals surface area contributed by atoms with Gasteiger partial charge in [0.25, 0.3) is 0 Å². The molecular formula is C13H15NO. The molecule has 1 aliphatic carbocycles. The lowest BCUT2D eigenvalue weighted by Crippen LogP contribution is -2.14. The quantitative estimate of drug-likeness (QED) is 0.800. The molecule has 2 rings (SSSR count). The summed E-state index contributed by atoms with van der Waals surface area (Å²) in [5, 5.41) is 2.95. The minimum atomic E-state index is 0.142. The monoisotopic (exact) mass is 201 g/mol. The first-order valence-corrected chi connectivity index (χ1v) is 5.24. The molecule has 0 aliphatic heterocycles. The second kappa shape index (κ2) is 3.89. The van der Waals surface area contributed by atoms with Crippen LogP contribution in [0.3, 0.4) is 0 Å². The number of anilines is 1. The zero-order chi connectivity index (χ0) is 10.8. The Hall–Kier alpha value is -1.57. The van der Waals surface area contributed by atoms with Crippen LogP contribution in [0.15, 0.2) is 30.8 Å². The van der Waals surface area contributed by atoms with Gasteiger partial charge in [0.05, 0.1) is 0 Å². The summed E-state index contributed by atoms with van der Waals surface area (Å²) in [7, 11) is 0. The van der Waals surface area contributed by atoms with E-state index in [1.807, 2.05) is 31.2 Å². The molecule has 1 aromatic rings. The molecule has 15 heavy (non-hydrogen) atoms. The Labute approximate surface area is 90.0 Å². The van der Waals surface area contributed by atoms with E-state index in [-0.39, 0.29) is 11.8 Å². The lowest BCUT2D eigenvalue weighted by Gasteiger charge is -2.10. The molecular weight excluding hydrogens is 186 g/mol. The molecule has 0 bridgehead atoms. The fourth-order valence-corrected chi connectivity index (χ4v) is 1.54. The van der Waals surface area contributed by atoms with Crippen LogP contribution in [0.5, 0.6) is 0 Å². The van der Waals surface area contributed by atoms with E-state index in [0.717, 1.165) is 29.7 Å². The number of allylic oxidation sites excluding steroid dienone is 1. The molecule has 1 aromatic carbocycles. The van der Waals surface area contributed by atoms with E-state index in [1.54, 1.807) is 0 Å². The van der Waals surface area contributed by atoms with Gasteiger partial charge in [-0.1, -0.05) is 24.8 Å². The molecule has 1 fully saturated rings.